The zero-order chi connectivity index (χ0) is 26.8. The van der Waals surface area contributed by atoms with Gasteiger partial charge in [-0.1, -0.05) is 29.5 Å². The number of ether oxygens (including phenoxy) is 4. The molecule has 1 aromatic heterocycles. The van der Waals surface area contributed by atoms with Crippen molar-refractivity contribution in [1.29, 1.82) is 5.26 Å². The minimum absolute atomic E-state index is 0.0410. The van der Waals surface area contributed by atoms with Crippen LogP contribution < -0.4 is 24.3 Å². The van der Waals surface area contributed by atoms with Crippen LogP contribution in [0.25, 0.3) is 6.08 Å². The summed E-state index contributed by atoms with van der Waals surface area (Å²) in [7, 11) is -1.99. The molecule has 194 valence electrons. The maximum absolute atomic E-state index is 12.5. The first kappa shape index (κ1) is 27.4. The first-order valence-electron chi connectivity index (χ1n) is 10.9. The Morgan fingerprint density at radius 1 is 1.05 bits per heavy atom. The van der Waals surface area contributed by atoms with Crippen LogP contribution in [0.3, 0.4) is 0 Å². The fourth-order valence-electron chi connectivity index (χ4n) is 2.93. The van der Waals surface area contributed by atoms with Gasteiger partial charge in [0.15, 0.2) is 23.0 Å². The van der Waals surface area contributed by atoms with E-state index in [1.54, 1.807) is 37.4 Å². The van der Waals surface area contributed by atoms with Crippen molar-refractivity contribution in [3.05, 3.63) is 53.6 Å². The molecule has 0 unspecified atom stereocenters. The van der Waals surface area contributed by atoms with E-state index in [9.17, 15) is 18.5 Å². The first-order chi connectivity index (χ1) is 17.7. The number of nitrogens with zero attached hydrogens (tertiary/aromatic N) is 3. The second-order valence-electron chi connectivity index (χ2n) is 7.26. The van der Waals surface area contributed by atoms with Crippen LogP contribution in [-0.4, -0.2) is 57.7 Å². The number of carbonyl (C=O) groups excluding carboxylic acids is 1. The number of sulfone groups is 1. The number of nitriles is 1. The van der Waals surface area contributed by atoms with Crippen LogP contribution in [0, 0.1) is 11.3 Å². The lowest BCUT2D eigenvalue weighted by molar-refractivity contribution is -0.112. The largest absolute Gasteiger partial charge is 0.493 e. The standard InChI is InChI=1S/C24H24N4O7S2/c1-4-33-21-14-16(9-10-20(21)35-12-11-34-19-8-6-5-7-18(19)32-2)13-17(15-25)22(29)26-23-27-28-24(36-23)37(3,30)31/h5-10,13-14H,4,11-12H2,1-3H3,(H,26,27,29)/b17-13-. The molecule has 13 heteroatoms. The Bertz CT molecular complexity index is 1430. The predicted octanol–water partition coefficient (Wildman–Crippen LogP) is 3.35. The first-order valence-corrected chi connectivity index (χ1v) is 13.6. The number of hydrogen-bond donors (Lipinski definition) is 1. The number of aromatic nitrogens is 2. The summed E-state index contributed by atoms with van der Waals surface area (Å²) >= 11 is 0.691. The zero-order valence-corrected chi connectivity index (χ0v) is 21.9. The third-order valence-electron chi connectivity index (χ3n) is 4.56. The normalized spacial score (nSPS) is 11.4. The van der Waals surface area contributed by atoms with Crippen molar-refractivity contribution in [3.8, 4) is 29.1 Å². The molecule has 2 aromatic carbocycles. The van der Waals surface area contributed by atoms with E-state index in [-0.39, 0.29) is 28.3 Å². The minimum atomic E-state index is -3.56. The maximum atomic E-state index is 12.5. The lowest BCUT2D eigenvalue weighted by Crippen LogP contribution is -2.13. The molecule has 0 aliphatic carbocycles. The number of hydrogen-bond acceptors (Lipinski definition) is 11. The molecule has 0 fully saturated rings. The van der Waals surface area contributed by atoms with Gasteiger partial charge >= 0.3 is 0 Å². The summed E-state index contributed by atoms with van der Waals surface area (Å²) in [5.41, 5.74) is 0.291. The van der Waals surface area contributed by atoms with Crippen molar-refractivity contribution >= 4 is 38.3 Å². The van der Waals surface area contributed by atoms with Gasteiger partial charge in [0.2, 0.25) is 19.3 Å². The Balaban J connectivity index is 1.68. The monoisotopic (exact) mass is 544 g/mol. The number of benzene rings is 2. The van der Waals surface area contributed by atoms with Crippen molar-refractivity contribution < 1.29 is 32.2 Å². The average molecular weight is 545 g/mol. The van der Waals surface area contributed by atoms with Crippen LogP contribution in [0.15, 0.2) is 52.4 Å². The Morgan fingerprint density at radius 3 is 2.32 bits per heavy atom. The zero-order valence-electron chi connectivity index (χ0n) is 20.3. The smallest absolute Gasteiger partial charge is 0.268 e. The average Bonchev–Trinajstić information content (AvgIpc) is 3.35. The highest BCUT2D eigenvalue weighted by molar-refractivity contribution is 7.92. The van der Waals surface area contributed by atoms with Gasteiger partial charge in [-0.3, -0.25) is 10.1 Å². The van der Waals surface area contributed by atoms with Gasteiger partial charge in [-0.15, -0.1) is 10.2 Å². The SMILES string of the molecule is CCOc1cc(/C=C(/C#N)C(=O)Nc2nnc(S(C)(=O)=O)s2)ccc1OCCOc1ccccc1OC. The summed E-state index contributed by atoms with van der Waals surface area (Å²) in [5.74, 6) is 1.35. The van der Waals surface area contributed by atoms with Crippen molar-refractivity contribution in [1.82, 2.24) is 10.2 Å². The third-order valence-corrected chi connectivity index (χ3v) is 7.06. The summed E-state index contributed by atoms with van der Waals surface area (Å²) in [5, 5.41) is 19.0. The molecule has 0 aliphatic heterocycles. The number of methoxy groups -OCH3 is 1. The molecule has 3 aromatic rings. The fraction of sp³-hybridized carbons (Fsp3) is 0.250. The summed E-state index contributed by atoms with van der Waals surface area (Å²) in [6.45, 7) is 2.68. The fourth-order valence-corrected chi connectivity index (χ4v) is 4.44. The number of nitrogens with one attached hydrogen (secondary N) is 1. The van der Waals surface area contributed by atoms with E-state index in [2.05, 4.69) is 15.5 Å². The van der Waals surface area contributed by atoms with E-state index in [4.69, 9.17) is 18.9 Å². The topological polar surface area (TPSA) is 150 Å². The lowest BCUT2D eigenvalue weighted by atomic mass is 10.1. The molecule has 3 rings (SSSR count). The summed E-state index contributed by atoms with van der Waals surface area (Å²) < 4.78 is 45.3. The number of carbonyl (C=O) groups is 1. The van der Waals surface area contributed by atoms with Gasteiger partial charge in [-0.2, -0.15) is 5.26 Å². The van der Waals surface area contributed by atoms with Gasteiger partial charge in [0.25, 0.3) is 5.91 Å². The van der Waals surface area contributed by atoms with Gasteiger partial charge in [-0.25, -0.2) is 8.42 Å². The molecule has 11 nitrogen and oxygen atoms in total. The number of amides is 1. The Morgan fingerprint density at radius 2 is 1.73 bits per heavy atom. The highest BCUT2D eigenvalue weighted by atomic mass is 32.2. The van der Waals surface area contributed by atoms with E-state index in [0.29, 0.717) is 46.5 Å². The predicted molar refractivity (Wildman–Crippen MR) is 137 cm³/mol. The second kappa shape index (κ2) is 12.7. The Hall–Kier alpha value is -4.15. The Kier molecular flexibility index (Phi) is 9.42. The van der Waals surface area contributed by atoms with Crippen molar-refractivity contribution in [2.24, 2.45) is 0 Å². The lowest BCUT2D eigenvalue weighted by Gasteiger charge is -2.14. The summed E-state index contributed by atoms with van der Waals surface area (Å²) in [4.78, 5) is 12.5. The van der Waals surface area contributed by atoms with Crippen molar-refractivity contribution in [2.75, 3.05) is 38.5 Å². The van der Waals surface area contributed by atoms with E-state index in [1.165, 1.54) is 6.08 Å². The van der Waals surface area contributed by atoms with Crippen LogP contribution in [-0.2, 0) is 14.6 Å². The molecule has 0 saturated carbocycles. The van der Waals surface area contributed by atoms with E-state index in [0.717, 1.165) is 6.26 Å². The van der Waals surface area contributed by atoms with Crippen LogP contribution in [0.4, 0.5) is 5.13 Å². The highest BCUT2D eigenvalue weighted by Crippen LogP contribution is 2.30. The molecule has 0 radical (unpaired) electrons. The molecule has 1 N–H and O–H groups in total. The molecular formula is C24H24N4O7S2. The molecule has 0 bridgehead atoms. The third kappa shape index (κ3) is 7.66. The number of anilines is 1. The minimum Gasteiger partial charge on any atom is -0.493 e. The highest BCUT2D eigenvalue weighted by Gasteiger charge is 2.18. The van der Waals surface area contributed by atoms with Crippen LogP contribution in [0.2, 0.25) is 0 Å². The second-order valence-corrected chi connectivity index (χ2v) is 10.4. The quantitative estimate of drug-likeness (QED) is 0.156. The molecule has 0 spiro atoms. The molecule has 0 saturated heterocycles. The van der Waals surface area contributed by atoms with Crippen molar-refractivity contribution in [2.45, 2.75) is 11.3 Å². The maximum Gasteiger partial charge on any atom is 0.268 e. The number of rotatable bonds is 12. The molecule has 0 aliphatic rings. The molecule has 0 atom stereocenters. The Labute approximate surface area is 218 Å². The van der Waals surface area contributed by atoms with E-state index in [1.807, 2.05) is 25.1 Å². The van der Waals surface area contributed by atoms with Gasteiger partial charge < -0.3 is 18.9 Å². The summed E-state index contributed by atoms with van der Waals surface area (Å²) in [6.07, 6.45) is 2.35. The van der Waals surface area contributed by atoms with Crippen LogP contribution >= 0.6 is 11.3 Å². The van der Waals surface area contributed by atoms with Crippen molar-refractivity contribution in [3.63, 3.8) is 0 Å². The van der Waals surface area contributed by atoms with E-state index < -0.39 is 15.7 Å². The van der Waals surface area contributed by atoms with Crippen LogP contribution in [0.5, 0.6) is 23.0 Å². The van der Waals surface area contributed by atoms with E-state index >= 15 is 0 Å². The molecule has 1 amide bonds. The van der Waals surface area contributed by atoms with Gasteiger partial charge in [-0.05, 0) is 42.8 Å². The van der Waals surface area contributed by atoms with Gasteiger partial charge in [0.05, 0.1) is 13.7 Å². The molecular weight excluding hydrogens is 520 g/mol. The number of para-hydroxylation sites is 2. The van der Waals surface area contributed by atoms with Gasteiger partial charge in [0.1, 0.15) is 24.9 Å². The molecule has 1 heterocycles. The summed E-state index contributed by atoms with van der Waals surface area (Å²) in [6, 6.07) is 14.1. The van der Waals surface area contributed by atoms with Gasteiger partial charge in [0, 0.05) is 6.26 Å². The molecule has 37 heavy (non-hydrogen) atoms. The van der Waals surface area contributed by atoms with Crippen LogP contribution in [0.1, 0.15) is 12.5 Å².